The number of hydrogen-bond acceptors (Lipinski definition) is 5. The van der Waals surface area contributed by atoms with Crippen LogP contribution in [0, 0.1) is 11.3 Å². The number of carbonyl (C=O) groups excluding carboxylic acids is 1. The van der Waals surface area contributed by atoms with Gasteiger partial charge in [0.2, 0.25) is 0 Å². The van der Waals surface area contributed by atoms with E-state index in [1.54, 1.807) is 24.5 Å². The Kier molecular flexibility index (Phi) is 3.81. The SMILES string of the molecule is N#Cc1c(NC(=O)Nc2cccnc2)sc2c1CCNC2. The smallest absolute Gasteiger partial charge is 0.312 e. The Balaban J connectivity index is 1.77. The van der Waals surface area contributed by atoms with E-state index in [9.17, 15) is 10.1 Å². The van der Waals surface area contributed by atoms with Gasteiger partial charge in [-0.15, -0.1) is 11.3 Å². The van der Waals surface area contributed by atoms with Crippen LogP contribution in [0.1, 0.15) is 16.0 Å². The summed E-state index contributed by atoms with van der Waals surface area (Å²) in [5.41, 5.74) is 2.24. The first-order valence-electron chi connectivity index (χ1n) is 6.51. The van der Waals surface area contributed by atoms with Crippen LogP contribution in [0.2, 0.25) is 0 Å². The number of rotatable bonds is 2. The molecule has 0 atom stereocenters. The highest BCUT2D eigenvalue weighted by atomic mass is 32.1. The van der Waals surface area contributed by atoms with Gasteiger partial charge < -0.3 is 10.6 Å². The fourth-order valence-electron chi connectivity index (χ4n) is 2.24. The third kappa shape index (κ3) is 2.86. The van der Waals surface area contributed by atoms with E-state index < -0.39 is 0 Å². The lowest BCUT2D eigenvalue weighted by atomic mass is 10.1. The van der Waals surface area contributed by atoms with Crippen LogP contribution in [-0.4, -0.2) is 17.6 Å². The van der Waals surface area contributed by atoms with Gasteiger partial charge in [0.15, 0.2) is 0 Å². The first-order valence-corrected chi connectivity index (χ1v) is 7.33. The summed E-state index contributed by atoms with van der Waals surface area (Å²) in [6, 6.07) is 5.32. The standard InChI is InChI=1S/C14H13N5OS/c15-6-11-10-3-5-17-8-12(10)21-13(11)19-14(20)18-9-2-1-4-16-7-9/h1-2,4,7,17H,3,5,8H2,(H2,18,19,20). The second-order valence-electron chi connectivity index (χ2n) is 4.57. The van der Waals surface area contributed by atoms with E-state index in [1.807, 2.05) is 0 Å². The van der Waals surface area contributed by atoms with Crippen molar-refractivity contribution in [2.75, 3.05) is 17.2 Å². The Bertz CT molecular complexity index is 704. The fourth-order valence-corrected chi connectivity index (χ4v) is 3.41. The molecule has 0 saturated heterocycles. The van der Waals surface area contributed by atoms with E-state index in [0.29, 0.717) is 16.3 Å². The zero-order chi connectivity index (χ0) is 14.7. The van der Waals surface area contributed by atoms with E-state index in [1.165, 1.54) is 11.3 Å². The molecule has 0 radical (unpaired) electrons. The Morgan fingerprint density at radius 1 is 1.48 bits per heavy atom. The molecule has 2 amide bonds. The van der Waals surface area contributed by atoms with Crippen LogP contribution in [0.4, 0.5) is 15.5 Å². The van der Waals surface area contributed by atoms with Crippen molar-refractivity contribution < 1.29 is 4.79 Å². The minimum Gasteiger partial charge on any atom is -0.312 e. The van der Waals surface area contributed by atoms with E-state index in [4.69, 9.17) is 0 Å². The summed E-state index contributed by atoms with van der Waals surface area (Å²) < 4.78 is 0. The van der Waals surface area contributed by atoms with Gasteiger partial charge in [-0.2, -0.15) is 5.26 Å². The van der Waals surface area contributed by atoms with Gasteiger partial charge in [0.1, 0.15) is 11.1 Å². The zero-order valence-electron chi connectivity index (χ0n) is 11.1. The molecule has 1 aliphatic rings. The summed E-state index contributed by atoms with van der Waals surface area (Å²) in [5.74, 6) is 0. The lowest BCUT2D eigenvalue weighted by molar-refractivity contribution is 0.262. The second-order valence-corrected chi connectivity index (χ2v) is 5.67. The lowest BCUT2D eigenvalue weighted by Gasteiger charge is -2.11. The molecule has 2 aromatic rings. The van der Waals surface area contributed by atoms with E-state index in [-0.39, 0.29) is 6.03 Å². The Labute approximate surface area is 125 Å². The lowest BCUT2D eigenvalue weighted by Crippen LogP contribution is -2.22. The largest absolute Gasteiger partial charge is 0.324 e. The van der Waals surface area contributed by atoms with Crippen molar-refractivity contribution >= 4 is 28.1 Å². The number of thiophene rings is 1. The van der Waals surface area contributed by atoms with Crippen LogP contribution in [-0.2, 0) is 13.0 Å². The summed E-state index contributed by atoms with van der Waals surface area (Å²) in [6.07, 6.45) is 4.02. The number of nitriles is 1. The molecule has 0 aliphatic carbocycles. The topological polar surface area (TPSA) is 89.8 Å². The van der Waals surface area contributed by atoms with E-state index in [2.05, 4.69) is 27.0 Å². The number of amides is 2. The molecule has 0 spiro atoms. The third-order valence-corrected chi connectivity index (χ3v) is 4.33. The normalized spacial score (nSPS) is 13.1. The number of fused-ring (bicyclic) bond motifs is 1. The number of aromatic nitrogens is 1. The van der Waals surface area contributed by atoms with Gasteiger partial charge in [0.25, 0.3) is 0 Å². The predicted octanol–water partition coefficient (Wildman–Crippen LogP) is 2.30. The van der Waals surface area contributed by atoms with Crippen molar-refractivity contribution in [2.24, 2.45) is 0 Å². The number of anilines is 2. The highest BCUT2D eigenvalue weighted by molar-refractivity contribution is 7.16. The molecule has 106 valence electrons. The van der Waals surface area contributed by atoms with Crippen LogP contribution in [0.3, 0.4) is 0 Å². The number of hydrogen-bond donors (Lipinski definition) is 3. The van der Waals surface area contributed by atoms with Crippen molar-refractivity contribution in [3.8, 4) is 6.07 Å². The van der Waals surface area contributed by atoms with Gasteiger partial charge in [-0.1, -0.05) is 0 Å². The summed E-state index contributed by atoms with van der Waals surface area (Å²) in [4.78, 5) is 17.0. The molecular formula is C14H13N5OS. The van der Waals surface area contributed by atoms with Crippen molar-refractivity contribution in [3.63, 3.8) is 0 Å². The molecule has 21 heavy (non-hydrogen) atoms. The number of nitrogens with zero attached hydrogens (tertiary/aromatic N) is 2. The van der Waals surface area contributed by atoms with Crippen LogP contribution < -0.4 is 16.0 Å². The van der Waals surface area contributed by atoms with Gasteiger partial charge in [0, 0.05) is 17.6 Å². The first-order chi connectivity index (χ1) is 10.3. The van der Waals surface area contributed by atoms with E-state index in [0.717, 1.165) is 30.0 Å². The highest BCUT2D eigenvalue weighted by Crippen LogP contribution is 2.34. The third-order valence-electron chi connectivity index (χ3n) is 3.19. The average molecular weight is 299 g/mol. The molecule has 0 aromatic carbocycles. The van der Waals surface area contributed by atoms with Gasteiger partial charge in [-0.3, -0.25) is 10.3 Å². The summed E-state index contributed by atoms with van der Waals surface area (Å²) in [5, 5.41) is 18.6. The maximum Gasteiger partial charge on any atom is 0.324 e. The molecule has 2 aromatic heterocycles. The minimum absolute atomic E-state index is 0.369. The average Bonchev–Trinajstić information content (AvgIpc) is 2.85. The molecule has 0 bridgehead atoms. The Morgan fingerprint density at radius 2 is 2.38 bits per heavy atom. The van der Waals surface area contributed by atoms with Crippen molar-refractivity contribution in [3.05, 3.63) is 40.5 Å². The molecule has 3 rings (SSSR count). The molecule has 0 unspecified atom stereocenters. The summed E-state index contributed by atoms with van der Waals surface area (Å²) in [6.45, 7) is 1.61. The minimum atomic E-state index is -0.369. The van der Waals surface area contributed by atoms with Crippen LogP contribution >= 0.6 is 11.3 Å². The molecular weight excluding hydrogens is 286 g/mol. The zero-order valence-corrected chi connectivity index (χ0v) is 12.0. The molecule has 0 fully saturated rings. The maximum atomic E-state index is 12.0. The molecule has 6 nitrogen and oxygen atoms in total. The number of nitrogens with one attached hydrogen (secondary N) is 3. The van der Waals surface area contributed by atoms with Crippen LogP contribution in [0.5, 0.6) is 0 Å². The molecule has 1 aliphatic heterocycles. The summed E-state index contributed by atoms with van der Waals surface area (Å²) in [7, 11) is 0. The van der Waals surface area contributed by atoms with Gasteiger partial charge in [-0.05, 0) is 30.7 Å². The monoisotopic (exact) mass is 299 g/mol. The number of pyridine rings is 1. The Hall–Kier alpha value is -2.43. The van der Waals surface area contributed by atoms with Gasteiger partial charge in [-0.25, -0.2) is 4.79 Å². The molecule has 7 heteroatoms. The van der Waals surface area contributed by atoms with Gasteiger partial charge in [0.05, 0.1) is 17.4 Å². The van der Waals surface area contributed by atoms with Gasteiger partial charge >= 0.3 is 6.03 Å². The van der Waals surface area contributed by atoms with Crippen LogP contribution in [0.15, 0.2) is 24.5 Å². The first kappa shape index (κ1) is 13.5. The molecule has 3 heterocycles. The molecule has 0 saturated carbocycles. The summed E-state index contributed by atoms with van der Waals surface area (Å²) >= 11 is 1.45. The second kappa shape index (κ2) is 5.91. The Morgan fingerprint density at radius 3 is 3.14 bits per heavy atom. The maximum absolute atomic E-state index is 12.0. The highest BCUT2D eigenvalue weighted by Gasteiger charge is 2.21. The molecule has 3 N–H and O–H groups in total. The van der Waals surface area contributed by atoms with E-state index >= 15 is 0 Å². The van der Waals surface area contributed by atoms with Crippen molar-refractivity contribution in [1.29, 1.82) is 5.26 Å². The number of urea groups is 1. The predicted molar refractivity (Wildman–Crippen MR) is 81.3 cm³/mol. The fraction of sp³-hybridized carbons (Fsp3) is 0.214. The number of carbonyl (C=O) groups is 1. The quantitative estimate of drug-likeness (QED) is 0.793. The van der Waals surface area contributed by atoms with Crippen molar-refractivity contribution in [2.45, 2.75) is 13.0 Å². The van der Waals surface area contributed by atoms with Crippen LogP contribution in [0.25, 0.3) is 0 Å². The van der Waals surface area contributed by atoms with Crippen molar-refractivity contribution in [1.82, 2.24) is 10.3 Å².